The molecule has 5 nitrogen and oxygen atoms in total. The van der Waals surface area contributed by atoms with Gasteiger partial charge in [0, 0.05) is 71.5 Å². The van der Waals surface area contributed by atoms with Crippen LogP contribution in [-0.4, -0.2) is 23.7 Å². The van der Waals surface area contributed by atoms with Crippen molar-refractivity contribution in [1.29, 1.82) is 0 Å². The predicted octanol–water partition coefficient (Wildman–Crippen LogP) is 19.8. The van der Waals surface area contributed by atoms with E-state index in [4.69, 9.17) is 9.97 Å². The lowest BCUT2D eigenvalue weighted by molar-refractivity contribution is 1.16. The first kappa shape index (κ1) is 46.2. The molecule has 4 aromatic heterocycles. The fraction of sp³-hybridized carbons (Fsp3) is 0. The molecular weight excluding hydrogens is 983 g/mol. The summed E-state index contributed by atoms with van der Waals surface area (Å²) in [6.07, 6.45) is 0. The van der Waals surface area contributed by atoms with E-state index >= 15 is 0 Å². The second kappa shape index (κ2) is 18.9. The fourth-order valence-corrected chi connectivity index (χ4v) is 12.5. The SMILES string of the molecule is c1ccc(-c2cc(-c3ccc(-c4cc(-c5ccccc5)c(-n5c6ccc(-n7c8ccccc8c8ccccc87)cc6c6cc(-n7c8ccccc8c8ccccc87)ccc65)c(-c5ccccc5)c4)cc3)nc(-c3ccccc3)n2)cc1. The van der Waals surface area contributed by atoms with E-state index < -0.39 is 0 Å². The molecule has 5 heteroatoms. The Kier molecular flexibility index (Phi) is 10.8. The molecule has 12 aromatic carbocycles. The Bertz CT molecular complexity index is 4680. The fourth-order valence-electron chi connectivity index (χ4n) is 12.5. The van der Waals surface area contributed by atoms with Crippen LogP contribution in [0.3, 0.4) is 0 Å². The van der Waals surface area contributed by atoms with E-state index in [-0.39, 0.29) is 0 Å². The van der Waals surface area contributed by atoms with Gasteiger partial charge in [0.15, 0.2) is 5.82 Å². The summed E-state index contributed by atoms with van der Waals surface area (Å²) in [4.78, 5) is 10.2. The molecule has 0 unspecified atom stereocenters. The van der Waals surface area contributed by atoms with Crippen molar-refractivity contribution < 1.29 is 0 Å². The van der Waals surface area contributed by atoms with Gasteiger partial charge in [0.1, 0.15) is 0 Å². The van der Waals surface area contributed by atoms with Crippen molar-refractivity contribution in [3.63, 3.8) is 0 Å². The Labute approximate surface area is 468 Å². The van der Waals surface area contributed by atoms with Gasteiger partial charge in [-0.3, -0.25) is 0 Å². The van der Waals surface area contributed by atoms with Gasteiger partial charge in [0.05, 0.1) is 50.2 Å². The van der Waals surface area contributed by atoms with Gasteiger partial charge in [-0.2, -0.15) is 0 Å². The molecule has 0 fully saturated rings. The number of hydrogen-bond acceptors (Lipinski definition) is 2. The Morgan fingerprint density at radius 3 is 0.963 bits per heavy atom. The van der Waals surface area contributed by atoms with Crippen molar-refractivity contribution in [1.82, 2.24) is 23.7 Å². The van der Waals surface area contributed by atoms with Gasteiger partial charge in [-0.1, -0.05) is 218 Å². The Morgan fingerprint density at radius 1 is 0.210 bits per heavy atom. The van der Waals surface area contributed by atoms with Crippen molar-refractivity contribution in [3.05, 3.63) is 297 Å². The minimum absolute atomic E-state index is 0.697. The number of benzene rings is 12. The Hall–Kier alpha value is -10.9. The van der Waals surface area contributed by atoms with Crippen LogP contribution >= 0.6 is 0 Å². The predicted molar refractivity (Wildman–Crippen MR) is 338 cm³/mol. The van der Waals surface area contributed by atoms with Crippen LogP contribution < -0.4 is 0 Å². The first-order valence-electron chi connectivity index (χ1n) is 27.6. The highest BCUT2D eigenvalue weighted by Gasteiger charge is 2.24. The number of para-hydroxylation sites is 4. The third-order valence-corrected chi connectivity index (χ3v) is 16.3. The molecule has 4 heterocycles. The molecule has 0 aliphatic heterocycles. The number of fused-ring (bicyclic) bond motifs is 9. The lowest BCUT2D eigenvalue weighted by Crippen LogP contribution is -2.02. The van der Waals surface area contributed by atoms with Crippen molar-refractivity contribution >= 4 is 65.4 Å². The van der Waals surface area contributed by atoms with E-state index in [1.54, 1.807) is 0 Å². The van der Waals surface area contributed by atoms with Crippen molar-refractivity contribution in [2.45, 2.75) is 0 Å². The maximum absolute atomic E-state index is 5.18. The molecular formula is C76H49N5. The van der Waals surface area contributed by atoms with Gasteiger partial charge >= 0.3 is 0 Å². The van der Waals surface area contributed by atoms with Crippen molar-refractivity contribution in [2.24, 2.45) is 0 Å². The molecule has 0 saturated heterocycles. The van der Waals surface area contributed by atoms with Crippen molar-refractivity contribution in [2.75, 3.05) is 0 Å². The molecule has 0 spiro atoms. The summed E-state index contributed by atoms with van der Waals surface area (Å²) in [6.45, 7) is 0. The highest BCUT2D eigenvalue weighted by atomic mass is 15.0. The topological polar surface area (TPSA) is 40.6 Å². The Balaban J connectivity index is 0.938. The number of nitrogens with zero attached hydrogens (tertiary/aromatic N) is 5. The molecule has 16 rings (SSSR count). The molecule has 0 atom stereocenters. The second-order valence-corrected chi connectivity index (χ2v) is 20.9. The van der Waals surface area contributed by atoms with E-state index in [0.717, 1.165) is 89.6 Å². The smallest absolute Gasteiger partial charge is 0.160 e. The minimum atomic E-state index is 0.697. The van der Waals surface area contributed by atoms with Crippen LogP contribution in [0.1, 0.15) is 0 Å². The maximum Gasteiger partial charge on any atom is 0.160 e. The monoisotopic (exact) mass is 1030 g/mol. The lowest BCUT2D eigenvalue weighted by atomic mass is 9.90. The standard InChI is InChI=1S/C76H49N5/c1-5-21-51(22-6-1)63-45-56(50-37-39-54(40-38-50)68-49-67(53-25-9-3-10-26-53)77-76(78-68)55-27-11-4-12-28-55)46-64(52-23-7-2-8-24-52)75(63)81-73-43-41-57(79-69-33-17-13-29-59(69)60-30-14-18-34-70(60)79)47-65(73)66-48-58(42-44-74(66)81)80-71-35-19-15-31-61(71)62-32-16-20-36-72(62)80/h1-49H. The first-order chi connectivity index (χ1) is 40.2. The van der Waals surface area contributed by atoms with Gasteiger partial charge in [-0.15, -0.1) is 0 Å². The van der Waals surface area contributed by atoms with E-state index in [0.29, 0.717) is 5.82 Å². The van der Waals surface area contributed by atoms with E-state index in [1.165, 1.54) is 54.4 Å². The summed E-state index contributed by atoms with van der Waals surface area (Å²) >= 11 is 0. The normalized spacial score (nSPS) is 11.7. The Morgan fingerprint density at radius 2 is 0.543 bits per heavy atom. The lowest BCUT2D eigenvalue weighted by Gasteiger charge is -2.21. The third-order valence-electron chi connectivity index (χ3n) is 16.3. The average Bonchev–Trinajstić information content (AvgIpc) is 4.41. The zero-order valence-corrected chi connectivity index (χ0v) is 44.0. The molecule has 81 heavy (non-hydrogen) atoms. The van der Waals surface area contributed by atoms with E-state index in [2.05, 4.69) is 287 Å². The summed E-state index contributed by atoms with van der Waals surface area (Å²) in [6, 6.07) is 108. The third kappa shape index (κ3) is 7.70. The highest BCUT2D eigenvalue weighted by molar-refractivity contribution is 6.15. The average molecular weight is 1030 g/mol. The zero-order valence-electron chi connectivity index (χ0n) is 44.0. The summed E-state index contributed by atoms with van der Waals surface area (Å²) in [7, 11) is 0. The van der Waals surface area contributed by atoms with Crippen LogP contribution in [-0.2, 0) is 0 Å². The second-order valence-electron chi connectivity index (χ2n) is 20.9. The van der Waals surface area contributed by atoms with Crippen LogP contribution in [0.15, 0.2) is 297 Å². The summed E-state index contributed by atoms with van der Waals surface area (Å²) < 4.78 is 7.41. The molecule has 0 aliphatic rings. The largest absolute Gasteiger partial charge is 0.309 e. The van der Waals surface area contributed by atoms with Crippen LogP contribution in [0, 0.1) is 0 Å². The van der Waals surface area contributed by atoms with Crippen LogP contribution in [0.25, 0.3) is 150 Å². The van der Waals surface area contributed by atoms with E-state index in [9.17, 15) is 0 Å². The van der Waals surface area contributed by atoms with Crippen molar-refractivity contribution in [3.8, 4) is 84.3 Å². The molecule has 378 valence electrons. The van der Waals surface area contributed by atoms with Gasteiger partial charge in [-0.25, -0.2) is 9.97 Å². The number of aromatic nitrogens is 5. The first-order valence-corrected chi connectivity index (χ1v) is 27.6. The van der Waals surface area contributed by atoms with Crippen LogP contribution in [0.5, 0.6) is 0 Å². The zero-order chi connectivity index (χ0) is 53.4. The van der Waals surface area contributed by atoms with Gasteiger partial charge in [-0.05, 0) is 101 Å². The quantitative estimate of drug-likeness (QED) is 0.145. The van der Waals surface area contributed by atoms with E-state index in [1.807, 2.05) is 24.3 Å². The molecule has 0 aliphatic carbocycles. The summed E-state index contributed by atoms with van der Waals surface area (Å²) in [5, 5.41) is 7.29. The molecule has 0 bridgehead atoms. The number of hydrogen-bond donors (Lipinski definition) is 0. The summed E-state index contributed by atoms with van der Waals surface area (Å²) in [5.41, 5.74) is 21.8. The summed E-state index contributed by atoms with van der Waals surface area (Å²) in [5.74, 6) is 0.697. The molecule has 0 saturated carbocycles. The van der Waals surface area contributed by atoms with Gasteiger partial charge in [0.2, 0.25) is 0 Å². The molecule has 0 radical (unpaired) electrons. The highest BCUT2D eigenvalue weighted by Crippen LogP contribution is 2.46. The molecule has 0 N–H and O–H groups in total. The number of rotatable bonds is 9. The minimum Gasteiger partial charge on any atom is -0.309 e. The van der Waals surface area contributed by atoms with Crippen LogP contribution in [0.2, 0.25) is 0 Å². The maximum atomic E-state index is 5.18. The van der Waals surface area contributed by atoms with Gasteiger partial charge in [0.25, 0.3) is 0 Å². The molecule has 16 aromatic rings. The van der Waals surface area contributed by atoms with Crippen LogP contribution in [0.4, 0.5) is 0 Å². The van der Waals surface area contributed by atoms with Gasteiger partial charge < -0.3 is 13.7 Å². The molecule has 0 amide bonds.